The quantitative estimate of drug-likeness (QED) is 0.316. The number of carbonyl (C=O) groups is 2. The van der Waals surface area contributed by atoms with Crippen LogP contribution in [0.5, 0.6) is 0 Å². The number of ether oxygens (including phenoxy) is 3. The molecule has 0 aliphatic rings. The van der Waals surface area contributed by atoms with Crippen LogP contribution in [0.25, 0.3) is 11.5 Å². The van der Waals surface area contributed by atoms with Crippen molar-refractivity contribution in [2.75, 3.05) is 19.0 Å². The van der Waals surface area contributed by atoms with E-state index >= 15 is 0 Å². The number of nitrogens with one attached hydrogen (secondary N) is 1. The van der Waals surface area contributed by atoms with Gasteiger partial charge in [-0.2, -0.15) is 4.98 Å². The van der Waals surface area contributed by atoms with E-state index in [2.05, 4.69) is 44.8 Å². The number of esters is 1. The second kappa shape index (κ2) is 10.7. The Morgan fingerprint density at radius 1 is 1.25 bits per heavy atom. The summed E-state index contributed by atoms with van der Waals surface area (Å²) < 4.78 is 22.6. The molecule has 0 aromatic carbocycles. The fourth-order valence-corrected chi connectivity index (χ4v) is 3.24. The van der Waals surface area contributed by atoms with Crippen molar-refractivity contribution in [1.29, 1.82) is 0 Å². The van der Waals surface area contributed by atoms with Crippen molar-refractivity contribution in [3.05, 3.63) is 12.2 Å². The topological polar surface area (TPSA) is 131 Å². The van der Waals surface area contributed by atoms with Gasteiger partial charge in [-0.05, 0) is 26.8 Å². The fourth-order valence-electron chi connectivity index (χ4n) is 2.48. The maximum Gasteiger partial charge on any atom is 0.413 e. The fraction of sp³-hybridized carbons (Fsp3) is 0.650. The van der Waals surface area contributed by atoms with E-state index in [0.29, 0.717) is 18.1 Å². The molecule has 0 atom stereocenters. The molecule has 11 nitrogen and oxygen atoms in total. The summed E-state index contributed by atoms with van der Waals surface area (Å²) in [4.78, 5) is 32.4. The highest BCUT2D eigenvalue weighted by atomic mass is 28.3. The van der Waals surface area contributed by atoms with Gasteiger partial charge in [0.1, 0.15) is 18.1 Å². The van der Waals surface area contributed by atoms with E-state index in [1.165, 1.54) is 13.4 Å². The lowest BCUT2D eigenvalue weighted by molar-refractivity contribution is -0.140. The number of hydrogen-bond acceptors (Lipinski definition) is 9. The molecule has 0 aliphatic carbocycles. The van der Waals surface area contributed by atoms with E-state index in [-0.39, 0.29) is 37.3 Å². The van der Waals surface area contributed by atoms with Crippen LogP contribution in [-0.4, -0.2) is 59.1 Å². The van der Waals surface area contributed by atoms with E-state index in [9.17, 15) is 9.59 Å². The number of aryl methyl sites for hydroxylation is 1. The largest absolute Gasteiger partial charge is 0.469 e. The van der Waals surface area contributed by atoms with E-state index < -0.39 is 19.8 Å². The molecule has 0 aliphatic heterocycles. The molecule has 1 N–H and O–H groups in total. The first-order valence-electron chi connectivity index (χ1n) is 10.4. The summed E-state index contributed by atoms with van der Waals surface area (Å²) in [5.74, 6) is 0.385. The van der Waals surface area contributed by atoms with Crippen LogP contribution in [0.1, 0.15) is 33.1 Å². The molecule has 0 saturated carbocycles. The molecule has 2 heterocycles. The average Bonchev–Trinajstić information content (AvgIpc) is 3.28. The predicted octanol–water partition coefficient (Wildman–Crippen LogP) is 3.70. The van der Waals surface area contributed by atoms with Crippen LogP contribution >= 0.6 is 0 Å². The highest BCUT2D eigenvalue weighted by Crippen LogP contribution is 2.26. The predicted molar refractivity (Wildman–Crippen MR) is 120 cm³/mol. The van der Waals surface area contributed by atoms with E-state index in [4.69, 9.17) is 14.0 Å². The molecule has 0 saturated heterocycles. The van der Waals surface area contributed by atoms with Crippen molar-refractivity contribution in [3.63, 3.8) is 0 Å². The number of nitrogens with zero attached hydrogens (tertiary/aromatic N) is 4. The third-order valence-corrected chi connectivity index (χ3v) is 5.84. The summed E-state index contributed by atoms with van der Waals surface area (Å²) in [6, 6.07) is 1.01. The molecule has 2 rings (SSSR count). The van der Waals surface area contributed by atoms with Crippen molar-refractivity contribution in [3.8, 4) is 11.5 Å². The van der Waals surface area contributed by atoms with Crippen molar-refractivity contribution < 1.29 is 28.3 Å². The number of imidazole rings is 1. The number of amides is 1. The van der Waals surface area contributed by atoms with Gasteiger partial charge in [0.05, 0.1) is 19.9 Å². The monoisotopic (exact) mass is 467 g/mol. The van der Waals surface area contributed by atoms with Crippen LogP contribution in [0.3, 0.4) is 0 Å². The molecule has 12 heteroatoms. The normalized spacial score (nSPS) is 12.0. The van der Waals surface area contributed by atoms with Crippen LogP contribution < -0.4 is 5.32 Å². The summed E-state index contributed by atoms with van der Waals surface area (Å²) in [6.07, 6.45) is 1.23. The number of carbonyl (C=O) groups excluding carboxylic acids is 2. The van der Waals surface area contributed by atoms with Gasteiger partial charge in [-0.1, -0.05) is 24.8 Å². The molecule has 2 aromatic heterocycles. The van der Waals surface area contributed by atoms with Gasteiger partial charge in [0.25, 0.3) is 0 Å². The minimum Gasteiger partial charge on any atom is -0.469 e. The maximum absolute atomic E-state index is 12.4. The standard InChI is InChI=1S/C20H33N5O6Si/c1-20(2,3)30-19(27)23-18-16(17-22-14(31-24-17)8-9-15(26)28-4)21-12-25(18)13-29-10-11-32(5,6)7/h12H,8-11,13H2,1-7H3,(H,23,27). The maximum atomic E-state index is 12.4. The van der Waals surface area contributed by atoms with Gasteiger partial charge in [0, 0.05) is 21.1 Å². The number of rotatable bonds is 10. The van der Waals surface area contributed by atoms with E-state index in [1.54, 1.807) is 25.3 Å². The van der Waals surface area contributed by atoms with Crippen molar-refractivity contribution in [2.24, 2.45) is 0 Å². The number of hydrogen-bond donors (Lipinski definition) is 1. The van der Waals surface area contributed by atoms with Gasteiger partial charge in [-0.25, -0.2) is 9.78 Å². The first-order valence-corrected chi connectivity index (χ1v) is 14.1. The Kier molecular flexibility index (Phi) is 8.56. The molecule has 0 bridgehead atoms. The lowest BCUT2D eigenvalue weighted by Gasteiger charge is -2.20. The smallest absolute Gasteiger partial charge is 0.413 e. The van der Waals surface area contributed by atoms with Gasteiger partial charge < -0.3 is 18.7 Å². The van der Waals surface area contributed by atoms with Crippen LogP contribution in [0.4, 0.5) is 10.6 Å². The zero-order valence-electron chi connectivity index (χ0n) is 19.9. The van der Waals surface area contributed by atoms with E-state index in [0.717, 1.165) is 6.04 Å². The Balaban J connectivity index is 2.20. The van der Waals surface area contributed by atoms with Crippen LogP contribution in [0.15, 0.2) is 10.9 Å². The Morgan fingerprint density at radius 2 is 1.97 bits per heavy atom. The summed E-state index contributed by atoms with van der Waals surface area (Å²) in [5, 5.41) is 6.65. The lowest BCUT2D eigenvalue weighted by Crippen LogP contribution is -2.28. The van der Waals surface area contributed by atoms with Gasteiger partial charge in [-0.3, -0.25) is 14.7 Å². The molecule has 0 fully saturated rings. The Labute approximate surface area is 188 Å². The Hall–Kier alpha value is -2.73. The summed E-state index contributed by atoms with van der Waals surface area (Å²) in [7, 11) is 0.0836. The van der Waals surface area contributed by atoms with Gasteiger partial charge in [0.15, 0.2) is 5.69 Å². The SMILES string of the molecule is COC(=O)CCc1nc(-c2ncn(COCC[Si](C)(C)C)c2NC(=O)OC(C)(C)C)no1. The molecular weight excluding hydrogens is 434 g/mol. The summed E-state index contributed by atoms with van der Waals surface area (Å²) in [5.41, 5.74) is -0.367. The first kappa shape index (κ1) is 25.5. The zero-order valence-corrected chi connectivity index (χ0v) is 20.9. The highest BCUT2D eigenvalue weighted by Gasteiger charge is 2.24. The molecule has 178 valence electrons. The zero-order chi connectivity index (χ0) is 23.9. The molecular formula is C20H33N5O6Si. The third-order valence-electron chi connectivity index (χ3n) is 4.13. The second-order valence-corrected chi connectivity index (χ2v) is 15.1. The first-order chi connectivity index (χ1) is 14.9. The van der Waals surface area contributed by atoms with Gasteiger partial charge in [0.2, 0.25) is 11.7 Å². The molecule has 0 spiro atoms. The molecule has 1 amide bonds. The summed E-state index contributed by atoms with van der Waals surface area (Å²) in [6.45, 7) is 12.9. The van der Waals surface area contributed by atoms with Crippen LogP contribution in [0, 0.1) is 0 Å². The number of aromatic nitrogens is 4. The average molecular weight is 468 g/mol. The molecule has 32 heavy (non-hydrogen) atoms. The third kappa shape index (κ3) is 8.42. The van der Waals surface area contributed by atoms with Crippen molar-refractivity contribution in [1.82, 2.24) is 19.7 Å². The van der Waals surface area contributed by atoms with Crippen LogP contribution in [-0.2, 0) is 32.2 Å². The lowest BCUT2D eigenvalue weighted by atomic mass is 10.2. The Morgan fingerprint density at radius 3 is 2.59 bits per heavy atom. The molecule has 0 unspecified atom stereocenters. The summed E-state index contributed by atoms with van der Waals surface area (Å²) >= 11 is 0. The molecule has 2 aromatic rings. The minimum atomic E-state index is -1.23. The minimum absolute atomic E-state index is 0.112. The van der Waals surface area contributed by atoms with Crippen molar-refractivity contribution >= 4 is 26.0 Å². The Bertz CT molecular complexity index is 912. The van der Waals surface area contributed by atoms with Gasteiger partial charge >= 0.3 is 12.1 Å². The van der Waals surface area contributed by atoms with Gasteiger partial charge in [-0.15, -0.1) is 0 Å². The number of anilines is 1. The molecule has 0 radical (unpaired) electrons. The number of methoxy groups -OCH3 is 1. The van der Waals surface area contributed by atoms with E-state index in [1.807, 2.05) is 0 Å². The second-order valence-electron chi connectivity index (χ2n) is 9.47. The van der Waals surface area contributed by atoms with Crippen LogP contribution in [0.2, 0.25) is 25.7 Å². The van der Waals surface area contributed by atoms with Crippen molar-refractivity contribution in [2.45, 2.75) is 71.6 Å². The highest BCUT2D eigenvalue weighted by molar-refractivity contribution is 6.76.